The highest BCUT2D eigenvalue weighted by Gasteiger charge is 2.18. The van der Waals surface area contributed by atoms with Crippen LogP contribution in [-0.2, 0) is 11.3 Å². The van der Waals surface area contributed by atoms with Crippen LogP contribution in [0.4, 0.5) is 5.69 Å². The van der Waals surface area contributed by atoms with E-state index in [1.807, 2.05) is 42.7 Å². The third-order valence-electron chi connectivity index (χ3n) is 5.04. The highest BCUT2D eigenvalue weighted by Crippen LogP contribution is 2.27. The Hall–Kier alpha value is -3.36. The van der Waals surface area contributed by atoms with Crippen molar-refractivity contribution in [3.63, 3.8) is 0 Å². The summed E-state index contributed by atoms with van der Waals surface area (Å²) < 4.78 is 7.44. The van der Waals surface area contributed by atoms with Crippen molar-refractivity contribution in [3.05, 3.63) is 83.3 Å². The summed E-state index contributed by atoms with van der Waals surface area (Å²) >= 11 is 7.34. The molecule has 174 valence electrons. The standard InChI is InChI=1S/C25H23ClN4O3S/c1-16(2)24(32)27-20-11-7-17(8-12-20)22(31)15-34-25-29-28-23(18-5-9-19(26)10-6-18)30(25)14-21-4-3-13-33-21/h3-13,16H,14-15H2,1-2H3,(H,27,32). The SMILES string of the molecule is CC(C)C(=O)Nc1ccc(C(=O)CSc2nnc(-c3ccc(Cl)cc3)n2Cc2ccco2)cc1. The zero-order valence-electron chi connectivity index (χ0n) is 18.7. The van der Waals surface area contributed by atoms with Crippen molar-refractivity contribution in [1.29, 1.82) is 0 Å². The van der Waals surface area contributed by atoms with Gasteiger partial charge in [0.15, 0.2) is 16.8 Å². The minimum Gasteiger partial charge on any atom is -0.467 e. The number of nitrogens with zero attached hydrogens (tertiary/aromatic N) is 3. The molecule has 0 spiro atoms. The smallest absolute Gasteiger partial charge is 0.226 e. The van der Waals surface area contributed by atoms with Crippen LogP contribution < -0.4 is 5.32 Å². The van der Waals surface area contributed by atoms with Gasteiger partial charge in [0.1, 0.15) is 5.76 Å². The van der Waals surface area contributed by atoms with E-state index in [0.29, 0.717) is 33.8 Å². The minimum atomic E-state index is -0.117. The van der Waals surface area contributed by atoms with E-state index in [2.05, 4.69) is 15.5 Å². The van der Waals surface area contributed by atoms with Gasteiger partial charge in [-0.3, -0.25) is 14.2 Å². The zero-order chi connectivity index (χ0) is 24.1. The van der Waals surface area contributed by atoms with Crippen LogP contribution in [0.25, 0.3) is 11.4 Å². The van der Waals surface area contributed by atoms with Gasteiger partial charge in [-0.05, 0) is 60.7 Å². The maximum atomic E-state index is 12.8. The number of halogens is 1. The van der Waals surface area contributed by atoms with E-state index in [4.69, 9.17) is 16.0 Å². The van der Waals surface area contributed by atoms with Crippen LogP contribution >= 0.6 is 23.4 Å². The molecule has 0 atom stereocenters. The average Bonchev–Trinajstić information content (AvgIpc) is 3.49. The highest BCUT2D eigenvalue weighted by molar-refractivity contribution is 7.99. The van der Waals surface area contributed by atoms with E-state index in [1.165, 1.54) is 11.8 Å². The second-order valence-electron chi connectivity index (χ2n) is 7.91. The molecule has 7 nitrogen and oxygen atoms in total. The number of rotatable bonds is 9. The van der Waals surface area contributed by atoms with Gasteiger partial charge in [-0.15, -0.1) is 10.2 Å². The Morgan fingerprint density at radius 1 is 1.06 bits per heavy atom. The van der Waals surface area contributed by atoms with Gasteiger partial charge < -0.3 is 9.73 Å². The molecule has 0 fully saturated rings. The van der Waals surface area contributed by atoms with Gasteiger partial charge in [0, 0.05) is 27.8 Å². The molecule has 0 bridgehead atoms. The van der Waals surface area contributed by atoms with Crippen molar-refractivity contribution in [2.24, 2.45) is 5.92 Å². The number of nitrogens with one attached hydrogen (secondary N) is 1. The summed E-state index contributed by atoms with van der Waals surface area (Å²) in [6.45, 7) is 4.08. The Balaban J connectivity index is 1.49. The molecule has 2 aromatic carbocycles. The second kappa shape index (κ2) is 10.7. The van der Waals surface area contributed by atoms with Crippen LogP contribution in [0.2, 0.25) is 5.02 Å². The van der Waals surface area contributed by atoms with Crippen LogP contribution in [0.5, 0.6) is 0 Å². The normalized spacial score (nSPS) is 11.1. The fraction of sp³-hybridized carbons (Fsp3) is 0.200. The van der Waals surface area contributed by atoms with Gasteiger partial charge in [0.2, 0.25) is 5.91 Å². The van der Waals surface area contributed by atoms with E-state index in [1.54, 1.807) is 42.7 Å². The molecule has 2 aromatic heterocycles. The third kappa shape index (κ3) is 5.76. The summed E-state index contributed by atoms with van der Waals surface area (Å²) in [6.07, 6.45) is 1.62. The number of Topliss-reactive ketones (excluding diaryl/α,β-unsaturated/α-hetero) is 1. The van der Waals surface area contributed by atoms with Gasteiger partial charge in [-0.2, -0.15) is 0 Å². The molecule has 0 unspecified atom stereocenters. The van der Waals surface area contributed by atoms with E-state index in [9.17, 15) is 9.59 Å². The van der Waals surface area contributed by atoms with Crippen molar-refractivity contribution in [3.8, 4) is 11.4 Å². The van der Waals surface area contributed by atoms with Gasteiger partial charge in [-0.25, -0.2) is 0 Å². The number of benzene rings is 2. The van der Waals surface area contributed by atoms with E-state index < -0.39 is 0 Å². The largest absolute Gasteiger partial charge is 0.467 e. The Morgan fingerprint density at radius 3 is 2.44 bits per heavy atom. The minimum absolute atomic E-state index is 0.0488. The molecule has 0 radical (unpaired) electrons. The van der Waals surface area contributed by atoms with E-state index in [-0.39, 0.29) is 23.4 Å². The first-order valence-electron chi connectivity index (χ1n) is 10.7. The van der Waals surface area contributed by atoms with Crippen molar-refractivity contribution < 1.29 is 14.0 Å². The lowest BCUT2D eigenvalue weighted by molar-refractivity contribution is -0.118. The number of carbonyl (C=O) groups is 2. The van der Waals surface area contributed by atoms with Crippen molar-refractivity contribution >= 4 is 40.7 Å². The van der Waals surface area contributed by atoms with Gasteiger partial charge in [0.05, 0.1) is 18.6 Å². The molecular weight excluding hydrogens is 472 g/mol. The highest BCUT2D eigenvalue weighted by atomic mass is 35.5. The number of carbonyl (C=O) groups excluding carboxylic acids is 2. The Bertz CT molecular complexity index is 1270. The number of hydrogen-bond acceptors (Lipinski definition) is 6. The van der Waals surface area contributed by atoms with Crippen LogP contribution in [-0.4, -0.2) is 32.2 Å². The number of amides is 1. The van der Waals surface area contributed by atoms with Crippen molar-refractivity contribution in [2.45, 2.75) is 25.5 Å². The number of anilines is 1. The van der Waals surface area contributed by atoms with Crippen LogP contribution in [0, 0.1) is 5.92 Å². The molecule has 4 aromatic rings. The summed E-state index contributed by atoms with van der Waals surface area (Å²) in [4.78, 5) is 24.7. The topological polar surface area (TPSA) is 90.0 Å². The maximum absolute atomic E-state index is 12.8. The quantitative estimate of drug-likeness (QED) is 0.233. The zero-order valence-corrected chi connectivity index (χ0v) is 20.3. The summed E-state index contributed by atoms with van der Waals surface area (Å²) in [6, 6.07) is 18.0. The Kier molecular flexibility index (Phi) is 7.49. The molecule has 0 saturated carbocycles. The third-order valence-corrected chi connectivity index (χ3v) is 6.26. The molecule has 0 aliphatic heterocycles. The molecule has 0 saturated heterocycles. The molecule has 0 aliphatic rings. The Morgan fingerprint density at radius 2 is 1.79 bits per heavy atom. The first-order chi connectivity index (χ1) is 16.4. The summed E-state index contributed by atoms with van der Waals surface area (Å²) in [7, 11) is 0. The second-order valence-corrected chi connectivity index (χ2v) is 9.29. The van der Waals surface area contributed by atoms with Crippen LogP contribution in [0.3, 0.4) is 0 Å². The van der Waals surface area contributed by atoms with Gasteiger partial charge in [0.25, 0.3) is 0 Å². The first-order valence-corrected chi connectivity index (χ1v) is 12.1. The maximum Gasteiger partial charge on any atom is 0.226 e. The summed E-state index contributed by atoms with van der Waals surface area (Å²) in [5, 5.41) is 12.7. The summed E-state index contributed by atoms with van der Waals surface area (Å²) in [5.74, 6) is 1.37. The molecular formula is C25H23ClN4O3S. The van der Waals surface area contributed by atoms with E-state index >= 15 is 0 Å². The molecule has 0 aliphatic carbocycles. The number of furan rings is 1. The molecule has 34 heavy (non-hydrogen) atoms. The van der Waals surface area contributed by atoms with Gasteiger partial charge in [-0.1, -0.05) is 37.2 Å². The van der Waals surface area contributed by atoms with Gasteiger partial charge >= 0.3 is 0 Å². The van der Waals surface area contributed by atoms with Crippen LogP contribution in [0.15, 0.2) is 76.5 Å². The molecule has 2 heterocycles. The predicted molar refractivity (Wildman–Crippen MR) is 133 cm³/mol. The number of thioether (sulfide) groups is 1. The molecule has 1 N–H and O–H groups in total. The molecule has 4 rings (SSSR count). The van der Waals surface area contributed by atoms with Crippen molar-refractivity contribution in [2.75, 3.05) is 11.1 Å². The lowest BCUT2D eigenvalue weighted by atomic mass is 10.1. The lowest BCUT2D eigenvalue weighted by Gasteiger charge is -2.09. The number of hydrogen-bond donors (Lipinski definition) is 1. The van der Waals surface area contributed by atoms with E-state index in [0.717, 1.165) is 11.3 Å². The fourth-order valence-corrected chi connectivity index (χ4v) is 4.11. The van der Waals surface area contributed by atoms with Crippen molar-refractivity contribution in [1.82, 2.24) is 14.8 Å². The first kappa shape index (κ1) is 23.8. The monoisotopic (exact) mass is 494 g/mol. The summed E-state index contributed by atoms with van der Waals surface area (Å²) in [5.41, 5.74) is 2.08. The Labute approximate surface area is 206 Å². The lowest BCUT2D eigenvalue weighted by Crippen LogP contribution is -2.17. The average molecular weight is 495 g/mol. The predicted octanol–water partition coefficient (Wildman–Crippen LogP) is 5.81. The number of ketones is 1. The van der Waals surface area contributed by atoms with Crippen LogP contribution in [0.1, 0.15) is 30.0 Å². The molecule has 9 heteroatoms. The number of aromatic nitrogens is 3. The molecule has 1 amide bonds. The fourth-order valence-electron chi connectivity index (χ4n) is 3.15.